The summed E-state index contributed by atoms with van der Waals surface area (Å²) in [5.41, 5.74) is 0. The highest BCUT2D eigenvalue weighted by atomic mass is 16.3. The minimum atomic E-state index is -1.16. The Labute approximate surface area is 350 Å². The van der Waals surface area contributed by atoms with Crippen molar-refractivity contribution >= 4 is 5.91 Å². The third-order valence-electron chi connectivity index (χ3n) is 11.8. The molecule has 0 radical (unpaired) electrons. The molecule has 0 saturated heterocycles. The molecule has 4 N–H and O–H groups in total. The van der Waals surface area contributed by atoms with Gasteiger partial charge in [-0.3, -0.25) is 4.79 Å². The number of unbranched alkanes of at least 4 members (excludes halogenated alkanes) is 34. The number of amides is 1. The summed E-state index contributed by atoms with van der Waals surface area (Å²) < 4.78 is 0. The first kappa shape index (κ1) is 54.8. The van der Waals surface area contributed by atoms with Crippen molar-refractivity contribution in [3.63, 3.8) is 0 Å². The van der Waals surface area contributed by atoms with Crippen molar-refractivity contribution < 1.29 is 20.1 Å². The van der Waals surface area contributed by atoms with Crippen LogP contribution in [0.3, 0.4) is 0 Å². The van der Waals surface area contributed by atoms with E-state index in [9.17, 15) is 20.1 Å². The maximum atomic E-state index is 12.5. The quantitative estimate of drug-likeness (QED) is 0.0365. The lowest BCUT2D eigenvalue weighted by molar-refractivity contribution is -0.124. The van der Waals surface area contributed by atoms with Crippen LogP contribution in [-0.2, 0) is 4.79 Å². The van der Waals surface area contributed by atoms with Crippen LogP contribution >= 0.6 is 0 Å². The molecule has 0 rings (SSSR count). The van der Waals surface area contributed by atoms with Crippen molar-refractivity contribution in [1.82, 2.24) is 5.32 Å². The second-order valence-electron chi connectivity index (χ2n) is 17.4. The molecule has 5 heteroatoms. The highest BCUT2D eigenvalue weighted by Gasteiger charge is 2.26. The van der Waals surface area contributed by atoms with E-state index in [0.717, 1.165) is 38.5 Å². The lowest BCUT2D eigenvalue weighted by atomic mass is 10.0. The molecule has 0 aliphatic rings. The van der Waals surface area contributed by atoms with Gasteiger partial charge in [-0.25, -0.2) is 0 Å². The Bertz CT molecular complexity index is 829. The number of nitrogens with one attached hydrogen (secondary N) is 1. The molecule has 1 amide bonds. The van der Waals surface area contributed by atoms with Crippen LogP contribution in [0.2, 0.25) is 0 Å². The number of hydrogen-bond donors (Lipinski definition) is 4. The summed E-state index contributed by atoms with van der Waals surface area (Å²) in [6, 6.07) is -0.827. The lowest BCUT2D eigenvalue weighted by Crippen LogP contribution is -2.50. The lowest BCUT2D eigenvalue weighted by Gasteiger charge is -2.26. The zero-order valence-corrected chi connectivity index (χ0v) is 37.8. The minimum Gasteiger partial charge on any atom is -0.394 e. The van der Waals surface area contributed by atoms with Crippen LogP contribution in [-0.4, -0.2) is 46.1 Å². The number of hydrogen-bond acceptors (Lipinski definition) is 4. The average Bonchev–Trinajstić information content (AvgIpc) is 3.20. The van der Waals surface area contributed by atoms with E-state index < -0.39 is 18.2 Å². The number of aliphatic hydroxyl groups excluding tert-OH is 3. The smallest absolute Gasteiger partial charge is 0.220 e. The normalized spacial score (nSPS) is 13.6. The van der Waals surface area contributed by atoms with Gasteiger partial charge in [-0.2, -0.15) is 0 Å². The van der Waals surface area contributed by atoms with Crippen molar-refractivity contribution in [2.24, 2.45) is 0 Å². The Morgan fingerprint density at radius 3 is 1.04 bits per heavy atom. The summed E-state index contributed by atoms with van der Waals surface area (Å²) in [6.45, 7) is 4.19. The second-order valence-corrected chi connectivity index (χ2v) is 17.4. The molecule has 3 unspecified atom stereocenters. The van der Waals surface area contributed by atoms with Crippen LogP contribution in [0.4, 0.5) is 0 Å². The largest absolute Gasteiger partial charge is 0.394 e. The Hall–Kier alpha value is -1.17. The molecule has 0 aliphatic carbocycles. The molecular formula is C51H99NO4. The molecule has 0 aromatic carbocycles. The van der Waals surface area contributed by atoms with Crippen molar-refractivity contribution in [3.8, 4) is 0 Å². The van der Waals surface area contributed by atoms with E-state index in [1.807, 2.05) is 0 Å². The van der Waals surface area contributed by atoms with Gasteiger partial charge < -0.3 is 20.6 Å². The first-order valence-corrected chi connectivity index (χ1v) is 25.1. The molecule has 0 aliphatic heterocycles. The molecule has 0 aromatic rings. The predicted molar refractivity (Wildman–Crippen MR) is 245 cm³/mol. The van der Waals surface area contributed by atoms with Gasteiger partial charge in [-0.1, -0.05) is 224 Å². The SMILES string of the molecule is CCCCCCCCCCCCC/C=C\CCCCCCCCCC(=O)NC(CO)C(O)C(O)CCC/C=C/CCCCCCCCCCCCCCCCC. The molecule has 0 aromatic heterocycles. The molecule has 0 saturated carbocycles. The molecule has 56 heavy (non-hydrogen) atoms. The van der Waals surface area contributed by atoms with Gasteiger partial charge in [0.1, 0.15) is 6.10 Å². The topological polar surface area (TPSA) is 89.8 Å². The van der Waals surface area contributed by atoms with E-state index in [4.69, 9.17) is 0 Å². The number of aliphatic hydroxyl groups is 3. The molecule has 0 heterocycles. The predicted octanol–water partition coefficient (Wildman–Crippen LogP) is 14.9. The van der Waals surface area contributed by atoms with Crippen LogP contribution in [0, 0.1) is 0 Å². The third kappa shape index (κ3) is 41.0. The summed E-state index contributed by atoms with van der Waals surface area (Å²) >= 11 is 0. The number of carbonyl (C=O) groups is 1. The summed E-state index contributed by atoms with van der Waals surface area (Å²) in [6.07, 6.45) is 57.4. The molecule has 3 atom stereocenters. The summed E-state index contributed by atoms with van der Waals surface area (Å²) in [7, 11) is 0. The Morgan fingerprint density at radius 1 is 0.429 bits per heavy atom. The van der Waals surface area contributed by atoms with Gasteiger partial charge >= 0.3 is 0 Å². The number of allylic oxidation sites excluding steroid dienone is 4. The highest BCUT2D eigenvalue weighted by molar-refractivity contribution is 5.76. The zero-order chi connectivity index (χ0) is 40.8. The fourth-order valence-corrected chi connectivity index (χ4v) is 7.86. The standard InChI is InChI=1S/C51H99NO4/c1-3-5-7-9-11-13-15-17-19-21-23-25-26-28-30-32-34-36-38-40-42-44-46-50(55)52-48(47-53)51(56)49(54)45-43-41-39-37-35-33-31-29-27-24-22-20-18-16-14-12-10-8-6-4-2/h26,28,37,39,48-49,51,53-54,56H,3-25,27,29-36,38,40-47H2,1-2H3,(H,52,55)/b28-26-,39-37+. The van der Waals surface area contributed by atoms with E-state index in [-0.39, 0.29) is 12.5 Å². The van der Waals surface area contributed by atoms with Crippen molar-refractivity contribution in [2.75, 3.05) is 6.61 Å². The Kier molecular flexibility index (Phi) is 45.5. The van der Waals surface area contributed by atoms with Crippen molar-refractivity contribution in [3.05, 3.63) is 24.3 Å². The summed E-state index contributed by atoms with van der Waals surface area (Å²) in [4.78, 5) is 12.5. The van der Waals surface area contributed by atoms with E-state index in [0.29, 0.717) is 12.8 Å². The van der Waals surface area contributed by atoms with Crippen LogP contribution in [0.5, 0.6) is 0 Å². The molecule has 332 valence electrons. The first-order valence-electron chi connectivity index (χ1n) is 25.1. The summed E-state index contributed by atoms with van der Waals surface area (Å²) in [5.74, 6) is -0.156. The fourth-order valence-electron chi connectivity index (χ4n) is 7.86. The summed E-state index contributed by atoms with van der Waals surface area (Å²) in [5, 5.41) is 33.6. The average molecular weight is 790 g/mol. The molecule has 0 spiro atoms. The van der Waals surface area contributed by atoms with Crippen LogP contribution < -0.4 is 5.32 Å². The van der Waals surface area contributed by atoms with Gasteiger partial charge in [0.25, 0.3) is 0 Å². The van der Waals surface area contributed by atoms with Crippen LogP contribution in [0.25, 0.3) is 0 Å². The van der Waals surface area contributed by atoms with Gasteiger partial charge in [-0.15, -0.1) is 0 Å². The Morgan fingerprint density at radius 2 is 0.714 bits per heavy atom. The molecule has 0 bridgehead atoms. The maximum absolute atomic E-state index is 12.5. The van der Waals surface area contributed by atoms with Gasteiger partial charge in [0, 0.05) is 6.42 Å². The van der Waals surface area contributed by atoms with Gasteiger partial charge in [-0.05, 0) is 64.2 Å². The zero-order valence-electron chi connectivity index (χ0n) is 37.8. The van der Waals surface area contributed by atoms with Crippen molar-refractivity contribution in [2.45, 2.75) is 289 Å². The van der Waals surface area contributed by atoms with Gasteiger partial charge in [0.2, 0.25) is 5.91 Å². The molecule has 0 fully saturated rings. The number of rotatable bonds is 46. The second kappa shape index (κ2) is 46.5. The molecular weight excluding hydrogens is 691 g/mol. The van der Waals surface area contributed by atoms with E-state index in [2.05, 4.69) is 43.5 Å². The minimum absolute atomic E-state index is 0.156. The van der Waals surface area contributed by atoms with Crippen LogP contribution in [0.15, 0.2) is 24.3 Å². The fraction of sp³-hybridized carbons (Fsp3) is 0.902. The maximum Gasteiger partial charge on any atom is 0.220 e. The van der Waals surface area contributed by atoms with Crippen molar-refractivity contribution in [1.29, 1.82) is 0 Å². The van der Waals surface area contributed by atoms with E-state index >= 15 is 0 Å². The van der Waals surface area contributed by atoms with Gasteiger partial charge in [0.05, 0.1) is 18.8 Å². The van der Waals surface area contributed by atoms with E-state index in [1.165, 1.54) is 205 Å². The Balaban J connectivity index is 3.61. The van der Waals surface area contributed by atoms with Gasteiger partial charge in [0.15, 0.2) is 0 Å². The molecule has 5 nitrogen and oxygen atoms in total. The van der Waals surface area contributed by atoms with Crippen LogP contribution in [0.1, 0.15) is 271 Å². The number of carbonyl (C=O) groups excluding carboxylic acids is 1. The monoisotopic (exact) mass is 790 g/mol. The first-order chi connectivity index (χ1) is 27.6. The third-order valence-corrected chi connectivity index (χ3v) is 11.8. The highest BCUT2D eigenvalue weighted by Crippen LogP contribution is 2.16. The van der Waals surface area contributed by atoms with E-state index in [1.54, 1.807) is 0 Å².